The van der Waals surface area contributed by atoms with Crippen molar-refractivity contribution < 1.29 is 47.5 Å². The molecule has 0 radical (unpaired) electrons. The molecular weight excluding hydrogens is 586 g/mol. The smallest absolute Gasteiger partial charge is 0.409 e. The van der Waals surface area contributed by atoms with Gasteiger partial charge in [0.15, 0.2) is 23.0 Å². The van der Waals surface area contributed by atoms with Gasteiger partial charge in [-0.2, -0.15) is 0 Å². The van der Waals surface area contributed by atoms with Gasteiger partial charge in [-0.1, -0.05) is 13.8 Å². The van der Waals surface area contributed by atoms with Gasteiger partial charge in [0.1, 0.15) is 6.61 Å². The number of amides is 3. The molecule has 248 valence electrons. The van der Waals surface area contributed by atoms with Crippen LogP contribution in [0.4, 0.5) is 4.79 Å². The second kappa shape index (κ2) is 16.5. The Morgan fingerprint density at radius 3 is 1.53 bits per heavy atom. The summed E-state index contributed by atoms with van der Waals surface area (Å²) in [4.78, 5) is 45.7. The number of carbonyl (C=O) groups is 3. The molecule has 1 atom stereocenters. The lowest BCUT2D eigenvalue weighted by Crippen LogP contribution is -2.58. The molecule has 3 amide bonds. The summed E-state index contributed by atoms with van der Waals surface area (Å²) < 4.78 is 38.3. The quantitative estimate of drug-likeness (QED) is 0.303. The first-order valence-electron chi connectivity index (χ1n) is 14.8. The van der Waals surface area contributed by atoms with Crippen LogP contribution in [0.1, 0.15) is 47.4 Å². The minimum atomic E-state index is -0.648. The van der Waals surface area contributed by atoms with Gasteiger partial charge >= 0.3 is 6.09 Å². The molecule has 0 spiro atoms. The number of piperazine rings is 1. The van der Waals surface area contributed by atoms with Crippen LogP contribution in [0.2, 0.25) is 0 Å². The van der Waals surface area contributed by atoms with Crippen molar-refractivity contribution in [2.75, 3.05) is 82.0 Å². The van der Waals surface area contributed by atoms with E-state index < -0.39 is 12.1 Å². The monoisotopic (exact) mass is 631 g/mol. The second-order valence-electron chi connectivity index (χ2n) is 10.3. The average molecular weight is 632 g/mol. The Morgan fingerprint density at radius 1 is 0.689 bits per heavy atom. The molecule has 1 aliphatic heterocycles. The van der Waals surface area contributed by atoms with Gasteiger partial charge in [0.25, 0.3) is 11.8 Å². The Hall–Kier alpha value is -4.55. The van der Waals surface area contributed by atoms with Gasteiger partial charge < -0.3 is 47.9 Å². The van der Waals surface area contributed by atoms with Crippen molar-refractivity contribution in [3.63, 3.8) is 0 Å². The molecule has 2 aromatic carbocycles. The summed E-state index contributed by atoms with van der Waals surface area (Å²) in [5.41, 5.74) is 0.616. The summed E-state index contributed by atoms with van der Waals surface area (Å²) in [5, 5.41) is 0. The maximum atomic E-state index is 14.0. The highest BCUT2D eigenvalue weighted by Crippen LogP contribution is 2.40. The minimum absolute atomic E-state index is 0.112. The zero-order valence-electron chi connectivity index (χ0n) is 27.5. The van der Waals surface area contributed by atoms with Crippen molar-refractivity contribution in [1.82, 2.24) is 14.7 Å². The first-order valence-corrected chi connectivity index (χ1v) is 14.8. The summed E-state index contributed by atoms with van der Waals surface area (Å²) in [6.45, 7) is 5.49. The largest absolute Gasteiger partial charge is 0.493 e. The maximum Gasteiger partial charge on any atom is 0.409 e. The van der Waals surface area contributed by atoms with E-state index in [1.807, 2.05) is 13.8 Å². The molecule has 13 nitrogen and oxygen atoms in total. The molecule has 0 bridgehead atoms. The summed E-state index contributed by atoms with van der Waals surface area (Å²) in [6, 6.07) is 5.67. The number of methoxy groups -OCH3 is 6. The molecule has 0 aromatic heterocycles. The third kappa shape index (κ3) is 7.95. The summed E-state index contributed by atoms with van der Waals surface area (Å²) in [7, 11) is 8.87. The van der Waals surface area contributed by atoms with Crippen molar-refractivity contribution >= 4 is 17.9 Å². The van der Waals surface area contributed by atoms with Crippen LogP contribution in [0, 0.1) is 0 Å². The highest BCUT2D eigenvalue weighted by Gasteiger charge is 2.36. The molecule has 45 heavy (non-hydrogen) atoms. The molecule has 1 unspecified atom stereocenters. The van der Waals surface area contributed by atoms with Crippen LogP contribution in [0.3, 0.4) is 0 Å². The molecule has 13 heteroatoms. The van der Waals surface area contributed by atoms with Crippen molar-refractivity contribution in [1.29, 1.82) is 0 Å². The van der Waals surface area contributed by atoms with E-state index in [0.717, 1.165) is 12.8 Å². The molecule has 0 N–H and O–H groups in total. The SMILES string of the molecule is CCCN(CCC)C(=O)OCC1CN(C(=O)c2cc(OC)c(OC)c(OC)c2)CCN1C(=O)c1cc(OC)c(OC)c(OC)c1. The van der Waals surface area contributed by atoms with E-state index in [9.17, 15) is 14.4 Å². The van der Waals surface area contributed by atoms with Crippen molar-refractivity contribution in [2.24, 2.45) is 0 Å². The van der Waals surface area contributed by atoms with E-state index in [0.29, 0.717) is 58.7 Å². The lowest BCUT2D eigenvalue weighted by atomic mass is 10.1. The van der Waals surface area contributed by atoms with E-state index in [4.69, 9.17) is 33.2 Å². The summed E-state index contributed by atoms with van der Waals surface area (Å²) in [6.07, 6.45) is 1.09. The standard InChI is InChI=1S/C32H45N3O10/c1-9-11-33(12-10-2)32(38)45-20-23-19-34(30(36)21-15-24(39-3)28(43-7)25(16-21)40-4)13-14-35(23)31(37)22-17-26(41-5)29(44-8)27(18-22)42-6/h15-18,23H,9-14,19-20H2,1-8H3. The van der Waals surface area contributed by atoms with Crippen LogP contribution in [-0.2, 0) is 4.74 Å². The predicted molar refractivity (Wildman–Crippen MR) is 166 cm³/mol. The van der Waals surface area contributed by atoms with Crippen LogP contribution in [0.25, 0.3) is 0 Å². The topological polar surface area (TPSA) is 126 Å². The van der Waals surface area contributed by atoms with Crippen LogP contribution >= 0.6 is 0 Å². The van der Waals surface area contributed by atoms with E-state index in [1.54, 1.807) is 39.0 Å². The van der Waals surface area contributed by atoms with Crippen LogP contribution in [-0.4, -0.2) is 121 Å². The number of hydrogen-bond donors (Lipinski definition) is 0. The van der Waals surface area contributed by atoms with E-state index in [1.165, 1.54) is 42.7 Å². The summed E-state index contributed by atoms with van der Waals surface area (Å²) in [5.74, 6) is 1.42. The fraction of sp³-hybridized carbons (Fsp3) is 0.531. The van der Waals surface area contributed by atoms with Crippen LogP contribution in [0.15, 0.2) is 24.3 Å². The molecule has 3 rings (SSSR count). The molecule has 0 saturated carbocycles. The van der Waals surface area contributed by atoms with Gasteiger partial charge in [0, 0.05) is 43.9 Å². The number of carbonyl (C=O) groups excluding carboxylic acids is 3. The lowest BCUT2D eigenvalue weighted by molar-refractivity contribution is 0.0179. The number of rotatable bonds is 14. The lowest BCUT2D eigenvalue weighted by Gasteiger charge is -2.41. The van der Waals surface area contributed by atoms with Crippen molar-refractivity contribution in [2.45, 2.75) is 32.7 Å². The third-order valence-corrected chi connectivity index (χ3v) is 7.50. The summed E-state index contributed by atoms with van der Waals surface area (Å²) >= 11 is 0. The van der Waals surface area contributed by atoms with Gasteiger partial charge in [-0.3, -0.25) is 9.59 Å². The number of benzene rings is 2. The number of hydrogen-bond acceptors (Lipinski definition) is 10. The number of ether oxygens (including phenoxy) is 7. The molecule has 1 aliphatic rings. The van der Waals surface area contributed by atoms with Crippen LogP contribution < -0.4 is 28.4 Å². The fourth-order valence-corrected chi connectivity index (χ4v) is 5.30. The molecule has 1 fully saturated rings. The van der Waals surface area contributed by atoms with E-state index >= 15 is 0 Å². The van der Waals surface area contributed by atoms with Gasteiger partial charge in [-0.25, -0.2) is 4.79 Å². The molecular formula is C32H45N3O10. The minimum Gasteiger partial charge on any atom is -0.493 e. The van der Waals surface area contributed by atoms with E-state index in [-0.39, 0.29) is 38.1 Å². The Kier molecular flexibility index (Phi) is 12.8. The maximum absolute atomic E-state index is 14.0. The van der Waals surface area contributed by atoms with Gasteiger partial charge in [0.05, 0.1) is 48.7 Å². The highest BCUT2D eigenvalue weighted by molar-refractivity contribution is 5.97. The first kappa shape index (κ1) is 34.9. The van der Waals surface area contributed by atoms with Gasteiger partial charge in [0.2, 0.25) is 11.5 Å². The highest BCUT2D eigenvalue weighted by atomic mass is 16.6. The fourth-order valence-electron chi connectivity index (χ4n) is 5.30. The molecule has 2 aromatic rings. The Labute approximate surface area is 264 Å². The van der Waals surface area contributed by atoms with Crippen molar-refractivity contribution in [3.8, 4) is 34.5 Å². The number of nitrogens with zero attached hydrogens (tertiary/aromatic N) is 3. The Bertz CT molecular complexity index is 1280. The van der Waals surface area contributed by atoms with Gasteiger partial charge in [-0.05, 0) is 37.1 Å². The Morgan fingerprint density at radius 2 is 1.13 bits per heavy atom. The normalized spacial score (nSPS) is 14.4. The average Bonchev–Trinajstić information content (AvgIpc) is 3.08. The Balaban J connectivity index is 1.95. The zero-order chi connectivity index (χ0) is 33.1. The van der Waals surface area contributed by atoms with Crippen LogP contribution in [0.5, 0.6) is 34.5 Å². The zero-order valence-corrected chi connectivity index (χ0v) is 27.5. The van der Waals surface area contributed by atoms with E-state index in [2.05, 4.69) is 0 Å². The molecule has 0 aliphatic carbocycles. The molecule has 1 heterocycles. The third-order valence-electron chi connectivity index (χ3n) is 7.50. The predicted octanol–water partition coefficient (Wildman–Crippen LogP) is 3.96. The first-order chi connectivity index (χ1) is 21.7. The van der Waals surface area contributed by atoms with Crippen molar-refractivity contribution in [3.05, 3.63) is 35.4 Å². The second-order valence-corrected chi connectivity index (χ2v) is 10.3. The molecule has 1 saturated heterocycles. The van der Waals surface area contributed by atoms with Gasteiger partial charge in [-0.15, -0.1) is 0 Å².